The minimum atomic E-state index is -0.958. The minimum absolute atomic E-state index is 0.150. The van der Waals surface area contributed by atoms with Crippen molar-refractivity contribution in [2.75, 3.05) is 36.5 Å². The van der Waals surface area contributed by atoms with Gasteiger partial charge in [-0.25, -0.2) is 0 Å². The monoisotopic (exact) mass is 410 g/mol. The Hall–Kier alpha value is -2.73. The molecular weight excluding hydrogens is 391 g/mol. The highest BCUT2D eigenvalue weighted by Gasteiger charge is 2.23. The van der Waals surface area contributed by atoms with Crippen molar-refractivity contribution in [1.82, 2.24) is 14.8 Å². The van der Waals surface area contributed by atoms with Gasteiger partial charge in [0.05, 0.1) is 23.4 Å². The first kappa shape index (κ1) is 20.0. The molecule has 28 heavy (non-hydrogen) atoms. The number of morpholine rings is 1. The summed E-state index contributed by atoms with van der Waals surface area (Å²) in [6, 6.07) is 3.21. The number of aromatic nitrogens is 3. The predicted octanol–water partition coefficient (Wildman–Crippen LogP) is 1.82. The van der Waals surface area contributed by atoms with Gasteiger partial charge in [0.1, 0.15) is 0 Å². The third-order valence-corrected chi connectivity index (χ3v) is 5.30. The number of nitrogens with one attached hydrogen (secondary N) is 1. The number of halogens is 1. The Morgan fingerprint density at radius 3 is 2.79 bits per heavy atom. The molecule has 0 saturated carbocycles. The van der Waals surface area contributed by atoms with Crippen molar-refractivity contribution < 1.29 is 18.8 Å². The van der Waals surface area contributed by atoms with Crippen LogP contribution in [0.2, 0.25) is 0 Å². The van der Waals surface area contributed by atoms with E-state index in [2.05, 4.69) is 20.4 Å². The van der Waals surface area contributed by atoms with Gasteiger partial charge in [-0.1, -0.05) is 11.8 Å². The largest absolute Gasteiger partial charge is 0.378 e. The van der Waals surface area contributed by atoms with E-state index in [1.807, 2.05) is 11.6 Å². The zero-order valence-corrected chi connectivity index (χ0v) is 16.1. The molecular formula is C16H19FN6O4S. The molecule has 1 aromatic heterocycles. The number of carbonyl (C=O) groups is 1. The summed E-state index contributed by atoms with van der Waals surface area (Å²) in [5.74, 6) is -0.644. The fourth-order valence-corrected chi connectivity index (χ4v) is 3.44. The number of ether oxygens (including phenoxy) is 1. The van der Waals surface area contributed by atoms with Crippen molar-refractivity contribution in [1.29, 1.82) is 0 Å². The standard InChI is InChI=1S/C16H19FN6O4S/c1-10(14(24)18-11-3-4-12(17)13(9-11)23(25)26)28-16-20-19-15(21(16)2)22-5-7-27-8-6-22/h3-4,9-10H,5-8H2,1-2H3,(H,18,24). The number of nitro benzene ring substituents is 1. The number of thioether (sulfide) groups is 1. The summed E-state index contributed by atoms with van der Waals surface area (Å²) in [5, 5.41) is 21.7. The van der Waals surface area contributed by atoms with Gasteiger partial charge in [0.15, 0.2) is 5.16 Å². The van der Waals surface area contributed by atoms with Crippen LogP contribution in [0.25, 0.3) is 0 Å². The number of nitrogens with zero attached hydrogens (tertiary/aromatic N) is 5. The van der Waals surface area contributed by atoms with Crippen molar-refractivity contribution in [3.05, 3.63) is 34.1 Å². The lowest BCUT2D eigenvalue weighted by Crippen LogP contribution is -2.37. The molecule has 0 spiro atoms. The lowest BCUT2D eigenvalue weighted by atomic mass is 10.2. The minimum Gasteiger partial charge on any atom is -0.378 e. The average molecular weight is 410 g/mol. The van der Waals surface area contributed by atoms with Crippen LogP contribution in [-0.4, -0.2) is 57.1 Å². The maximum atomic E-state index is 13.4. The topological polar surface area (TPSA) is 115 Å². The number of carbonyl (C=O) groups excluding carboxylic acids is 1. The van der Waals surface area contributed by atoms with Gasteiger partial charge >= 0.3 is 5.69 Å². The van der Waals surface area contributed by atoms with E-state index in [-0.39, 0.29) is 11.6 Å². The molecule has 1 aliphatic rings. The SMILES string of the molecule is CC(Sc1nnc(N2CCOCC2)n1C)C(=O)Nc1ccc(F)c([N+](=O)[O-])c1. The maximum Gasteiger partial charge on any atom is 0.306 e. The van der Waals surface area contributed by atoms with Gasteiger partial charge < -0.3 is 15.0 Å². The molecule has 1 saturated heterocycles. The van der Waals surface area contributed by atoms with Gasteiger partial charge in [0, 0.05) is 31.9 Å². The summed E-state index contributed by atoms with van der Waals surface area (Å²) >= 11 is 1.21. The molecule has 1 atom stereocenters. The number of hydrogen-bond donors (Lipinski definition) is 1. The molecule has 2 heterocycles. The normalized spacial score (nSPS) is 15.3. The van der Waals surface area contributed by atoms with Crippen molar-refractivity contribution in [3.8, 4) is 0 Å². The van der Waals surface area contributed by atoms with E-state index in [0.717, 1.165) is 25.2 Å². The smallest absolute Gasteiger partial charge is 0.306 e. The lowest BCUT2D eigenvalue weighted by molar-refractivity contribution is -0.387. The van der Waals surface area contributed by atoms with Crippen LogP contribution in [0.3, 0.4) is 0 Å². The lowest BCUT2D eigenvalue weighted by Gasteiger charge is -2.27. The van der Waals surface area contributed by atoms with E-state index in [4.69, 9.17) is 4.74 Å². The molecule has 1 unspecified atom stereocenters. The van der Waals surface area contributed by atoms with E-state index in [1.54, 1.807) is 6.92 Å². The number of benzene rings is 1. The van der Waals surface area contributed by atoms with Gasteiger partial charge in [0.2, 0.25) is 17.7 Å². The number of amides is 1. The number of hydrogen-bond acceptors (Lipinski definition) is 8. The summed E-state index contributed by atoms with van der Waals surface area (Å²) in [6.45, 7) is 4.36. The molecule has 150 valence electrons. The molecule has 0 aliphatic carbocycles. The zero-order valence-electron chi connectivity index (χ0n) is 15.3. The van der Waals surface area contributed by atoms with Crippen LogP contribution in [0, 0.1) is 15.9 Å². The molecule has 1 fully saturated rings. The Balaban J connectivity index is 1.65. The number of rotatable bonds is 6. The molecule has 0 bridgehead atoms. The summed E-state index contributed by atoms with van der Waals surface area (Å²) in [5.41, 5.74) is -0.543. The van der Waals surface area contributed by atoms with Crippen molar-refractivity contribution in [3.63, 3.8) is 0 Å². The van der Waals surface area contributed by atoms with Crippen LogP contribution in [0.4, 0.5) is 21.7 Å². The van der Waals surface area contributed by atoms with E-state index < -0.39 is 21.7 Å². The zero-order chi connectivity index (χ0) is 20.3. The summed E-state index contributed by atoms with van der Waals surface area (Å²) in [6.07, 6.45) is 0. The van der Waals surface area contributed by atoms with E-state index in [1.165, 1.54) is 17.8 Å². The fraction of sp³-hybridized carbons (Fsp3) is 0.438. The van der Waals surface area contributed by atoms with Gasteiger partial charge in [-0.3, -0.25) is 19.5 Å². The molecule has 1 aromatic carbocycles. The molecule has 1 amide bonds. The second-order valence-electron chi connectivity index (χ2n) is 6.11. The highest BCUT2D eigenvalue weighted by Crippen LogP contribution is 2.27. The molecule has 12 heteroatoms. The van der Waals surface area contributed by atoms with Crippen LogP contribution in [0.5, 0.6) is 0 Å². The highest BCUT2D eigenvalue weighted by molar-refractivity contribution is 8.00. The second-order valence-corrected chi connectivity index (χ2v) is 7.42. The molecule has 1 N–H and O–H groups in total. The molecule has 3 rings (SSSR count). The number of nitro groups is 1. The number of anilines is 2. The molecule has 1 aliphatic heterocycles. The fourth-order valence-electron chi connectivity index (χ4n) is 2.63. The second kappa shape index (κ2) is 8.52. The Morgan fingerprint density at radius 1 is 1.39 bits per heavy atom. The maximum absolute atomic E-state index is 13.4. The quantitative estimate of drug-likeness (QED) is 0.436. The highest BCUT2D eigenvalue weighted by atomic mass is 32.2. The van der Waals surface area contributed by atoms with Gasteiger partial charge in [-0.15, -0.1) is 10.2 Å². The first-order chi connectivity index (χ1) is 13.4. The Labute approximate surface area is 164 Å². The Morgan fingerprint density at radius 2 is 2.11 bits per heavy atom. The van der Waals surface area contributed by atoms with Crippen LogP contribution in [0.15, 0.2) is 23.4 Å². The van der Waals surface area contributed by atoms with E-state index in [0.29, 0.717) is 24.3 Å². The first-order valence-electron chi connectivity index (χ1n) is 8.50. The molecule has 0 radical (unpaired) electrons. The van der Waals surface area contributed by atoms with Crippen LogP contribution < -0.4 is 10.2 Å². The summed E-state index contributed by atoms with van der Waals surface area (Å²) in [7, 11) is 1.82. The molecule has 10 nitrogen and oxygen atoms in total. The van der Waals surface area contributed by atoms with E-state index >= 15 is 0 Å². The first-order valence-corrected chi connectivity index (χ1v) is 9.38. The van der Waals surface area contributed by atoms with Crippen molar-refractivity contribution >= 4 is 35.0 Å². The van der Waals surface area contributed by atoms with Crippen molar-refractivity contribution in [2.45, 2.75) is 17.3 Å². The van der Waals surface area contributed by atoms with Gasteiger partial charge in [-0.05, 0) is 19.1 Å². The predicted molar refractivity (Wildman–Crippen MR) is 101 cm³/mol. The Kier molecular flexibility index (Phi) is 6.09. The third kappa shape index (κ3) is 4.39. The third-order valence-electron chi connectivity index (χ3n) is 4.17. The van der Waals surface area contributed by atoms with Crippen molar-refractivity contribution in [2.24, 2.45) is 7.05 Å². The summed E-state index contributed by atoms with van der Waals surface area (Å²) in [4.78, 5) is 24.5. The average Bonchev–Trinajstić information content (AvgIpc) is 3.04. The Bertz CT molecular complexity index is 886. The van der Waals surface area contributed by atoms with Crippen LogP contribution in [-0.2, 0) is 16.6 Å². The van der Waals surface area contributed by atoms with Gasteiger partial charge in [-0.2, -0.15) is 4.39 Å². The van der Waals surface area contributed by atoms with Crippen LogP contribution >= 0.6 is 11.8 Å². The van der Waals surface area contributed by atoms with Crippen LogP contribution in [0.1, 0.15) is 6.92 Å². The molecule has 2 aromatic rings. The van der Waals surface area contributed by atoms with E-state index in [9.17, 15) is 19.3 Å². The summed E-state index contributed by atoms with van der Waals surface area (Å²) < 4.78 is 20.6. The van der Waals surface area contributed by atoms with Gasteiger partial charge in [0.25, 0.3) is 0 Å².